The van der Waals surface area contributed by atoms with Crippen molar-refractivity contribution in [3.63, 3.8) is 0 Å². The van der Waals surface area contributed by atoms with Gasteiger partial charge in [0.05, 0.1) is 20.3 Å². The Morgan fingerprint density at radius 3 is 2.34 bits per heavy atom. The number of benzene rings is 2. The number of carbonyl (C=O) groups is 2. The average molecular weight is 438 g/mol. The van der Waals surface area contributed by atoms with Gasteiger partial charge in [-0.3, -0.25) is 9.69 Å². The summed E-state index contributed by atoms with van der Waals surface area (Å²) in [6.45, 7) is 6.01. The van der Waals surface area contributed by atoms with Gasteiger partial charge in [-0.25, -0.2) is 4.79 Å². The average Bonchev–Trinajstić information content (AvgIpc) is 3.38. The Hall–Kier alpha value is -2.74. The maximum Gasteiger partial charge on any atom is 0.328 e. The summed E-state index contributed by atoms with van der Waals surface area (Å²) in [7, 11) is 1.35. The molecule has 4 rings (SSSR count). The van der Waals surface area contributed by atoms with Crippen LogP contribution < -0.4 is 10.6 Å². The summed E-state index contributed by atoms with van der Waals surface area (Å²) in [5, 5.41) is 6.09. The largest absolute Gasteiger partial charge is 0.467 e. The predicted molar refractivity (Wildman–Crippen MR) is 122 cm³/mol. The van der Waals surface area contributed by atoms with Crippen molar-refractivity contribution in [2.45, 2.75) is 19.0 Å². The van der Waals surface area contributed by atoms with Crippen molar-refractivity contribution in [2.24, 2.45) is 5.92 Å². The van der Waals surface area contributed by atoms with E-state index in [1.54, 1.807) is 12.1 Å². The summed E-state index contributed by atoms with van der Waals surface area (Å²) >= 11 is 0. The lowest BCUT2D eigenvalue weighted by atomic mass is 9.98. The van der Waals surface area contributed by atoms with Crippen LogP contribution in [0.4, 0.5) is 0 Å². The molecule has 2 saturated heterocycles. The quantitative estimate of drug-likeness (QED) is 0.646. The van der Waals surface area contributed by atoms with E-state index in [9.17, 15) is 9.59 Å². The van der Waals surface area contributed by atoms with Gasteiger partial charge in [-0.2, -0.15) is 0 Å². The molecule has 2 N–H and O–H groups in total. The number of morpholine rings is 1. The highest BCUT2D eigenvalue weighted by molar-refractivity contribution is 5.97. The number of hydrogen-bond acceptors (Lipinski definition) is 6. The minimum Gasteiger partial charge on any atom is -0.467 e. The molecular formula is C25H31N3O4. The van der Waals surface area contributed by atoms with Crippen LogP contribution in [-0.2, 0) is 20.8 Å². The fraction of sp³-hybridized carbons (Fsp3) is 0.440. The molecule has 2 unspecified atom stereocenters. The van der Waals surface area contributed by atoms with Crippen molar-refractivity contribution in [3.8, 4) is 11.1 Å². The summed E-state index contributed by atoms with van der Waals surface area (Å²) in [4.78, 5) is 27.3. The zero-order valence-corrected chi connectivity index (χ0v) is 18.5. The smallest absolute Gasteiger partial charge is 0.328 e. The van der Waals surface area contributed by atoms with Gasteiger partial charge >= 0.3 is 5.97 Å². The molecule has 2 aromatic carbocycles. The highest BCUT2D eigenvalue weighted by atomic mass is 16.5. The molecular weight excluding hydrogens is 406 g/mol. The second kappa shape index (κ2) is 10.7. The van der Waals surface area contributed by atoms with Gasteiger partial charge in [0.15, 0.2) is 0 Å². The number of rotatable bonds is 7. The molecule has 0 aromatic heterocycles. The van der Waals surface area contributed by atoms with Crippen molar-refractivity contribution >= 4 is 11.9 Å². The number of nitrogens with one attached hydrogen (secondary N) is 2. The first kappa shape index (κ1) is 22.5. The minimum atomic E-state index is -0.638. The standard InChI is InChI=1S/C25H31N3O4/c1-31-25(30)23(22-10-11-26-16-22)27-24(29)21-8-6-20(7-9-21)19-4-2-18(3-5-19)17-28-12-14-32-15-13-28/h2-9,22-23,26H,10-17H2,1H3,(H,27,29). The molecule has 170 valence electrons. The molecule has 0 saturated carbocycles. The highest BCUT2D eigenvalue weighted by Crippen LogP contribution is 2.22. The number of esters is 1. The molecule has 2 heterocycles. The van der Waals surface area contributed by atoms with E-state index >= 15 is 0 Å². The topological polar surface area (TPSA) is 79.9 Å². The van der Waals surface area contributed by atoms with E-state index in [4.69, 9.17) is 9.47 Å². The summed E-state index contributed by atoms with van der Waals surface area (Å²) in [5.41, 5.74) is 3.95. The first-order valence-corrected chi connectivity index (χ1v) is 11.2. The molecule has 7 heteroatoms. The molecule has 2 fully saturated rings. The van der Waals surface area contributed by atoms with Gasteiger partial charge < -0.3 is 20.1 Å². The van der Waals surface area contributed by atoms with E-state index in [0.717, 1.165) is 56.9 Å². The second-order valence-corrected chi connectivity index (χ2v) is 8.39. The van der Waals surface area contributed by atoms with Crippen molar-refractivity contribution in [2.75, 3.05) is 46.5 Å². The number of amides is 1. The van der Waals surface area contributed by atoms with Crippen LogP contribution in [-0.4, -0.2) is 69.3 Å². The fourth-order valence-electron chi connectivity index (χ4n) is 4.32. The van der Waals surface area contributed by atoms with Gasteiger partial charge in [0.2, 0.25) is 0 Å². The summed E-state index contributed by atoms with van der Waals surface area (Å²) in [6.07, 6.45) is 0.834. The highest BCUT2D eigenvalue weighted by Gasteiger charge is 2.32. The number of methoxy groups -OCH3 is 1. The van der Waals surface area contributed by atoms with E-state index in [1.807, 2.05) is 12.1 Å². The van der Waals surface area contributed by atoms with Crippen LogP contribution in [0.15, 0.2) is 48.5 Å². The molecule has 0 spiro atoms. The Morgan fingerprint density at radius 1 is 1.09 bits per heavy atom. The maximum atomic E-state index is 12.8. The van der Waals surface area contributed by atoms with Crippen molar-refractivity contribution in [1.29, 1.82) is 0 Å². The zero-order valence-electron chi connectivity index (χ0n) is 18.5. The Labute approximate surface area is 189 Å². The number of ether oxygens (including phenoxy) is 2. The van der Waals surface area contributed by atoms with E-state index in [2.05, 4.69) is 39.8 Å². The van der Waals surface area contributed by atoms with Gasteiger partial charge in [-0.1, -0.05) is 36.4 Å². The van der Waals surface area contributed by atoms with Crippen LogP contribution >= 0.6 is 0 Å². The Bertz CT molecular complexity index is 902. The molecule has 2 aliphatic rings. The molecule has 0 radical (unpaired) electrons. The predicted octanol–water partition coefficient (Wildman–Crippen LogP) is 2.07. The van der Waals surface area contributed by atoms with E-state index in [-0.39, 0.29) is 11.8 Å². The number of carbonyl (C=O) groups excluding carboxylic acids is 2. The Morgan fingerprint density at radius 2 is 1.75 bits per heavy atom. The van der Waals surface area contributed by atoms with E-state index < -0.39 is 12.0 Å². The second-order valence-electron chi connectivity index (χ2n) is 8.39. The third kappa shape index (κ3) is 5.54. The minimum absolute atomic E-state index is 0.0432. The van der Waals surface area contributed by atoms with Crippen molar-refractivity contribution in [3.05, 3.63) is 59.7 Å². The van der Waals surface area contributed by atoms with Crippen LogP contribution in [0.25, 0.3) is 11.1 Å². The third-order valence-electron chi connectivity index (χ3n) is 6.26. The molecule has 2 aliphatic heterocycles. The first-order chi connectivity index (χ1) is 15.6. The first-order valence-electron chi connectivity index (χ1n) is 11.2. The lowest BCUT2D eigenvalue weighted by Gasteiger charge is -2.26. The van der Waals surface area contributed by atoms with Crippen LogP contribution in [0, 0.1) is 5.92 Å². The van der Waals surface area contributed by atoms with Crippen LogP contribution in [0.1, 0.15) is 22.3 Å². The van der Waals surface area contributed by atoms with E-state index in [1.165, 1.54) is 12.7 Å². The molecule has 7 nitrogen and oxygen atoms in total. The molecule has 2 aromatic rings. The Kier molecular flexibility index (Phi) is 7.52. The molecule has 0 aliphatic carbocycles. The normalized spacial score (nSPS) is 20.0. The Balaban J connectivity index is 1.38. The van der Waals surface area contributed by atoms with Gasteiger partial charge in [0.25, 0.3) is 5.91 Å². The fourth-order valence-corrected chi connectivity index (χ4v) is 4.32. The monoisotopic (exact) mass is 437 g/mol. The summed E-state index contributed by atoms with van der Waals surface area (Å²) < 4.78 is 10.3. The summed E-state index contributed by atoms with van der Waals surface area (Å²) in [5.74, 6) is -0.623. The SMILES string of the molecule is COC(=O)C(NC(=O)c1ccc(-c2ccc(CN3CCOCC3)cc2)cc1)C1CCNC1. The van der Waals surface area contributed by atoms with E-state index in [0.29, 0.717) is 12.1 Å². The van der Waals surface area contributed by atoms with Crippen molar-refractivity contribution < 1.29 is 19.1 Å². The lowest BCUT2D eigenvalue weighted by Crippen LogP contribution is -2.47. The van der Waals surface area contributed by atoms with Gasteiger partial charge in [-0.15, -0.1) is 0 Å². The molecule has 32 heavy (non-hydrogen) atoms. The number of hydrogen-bond donors (Lipinski definition) is 2. The third-order valence-corrected chi connectivity index (χ3v) is 6.26. The number of nitrogens with zero attached hydrogens (tertiary/aromatic N) is 1. The zero-order chi connectivity index (χ0) is 22.3. The maximum absolute atomic E-state index is 12.8. The van der Waals surface area contributed by atoms with Gasteiger partial charge in [0, 0.05) is 37.7 Å². The molecule has 0 bridgehead atoms. The van der Waals surface area contributed by atoms with Gasteiger partial charge in [0.1, 0.15) is 6.04 Å². The summed E-state index contributed by atoms with van der Waals surface area (Å²) in [6, 6.07) is 15.4. The van der Waals surface area contributed by atoms with Crippen LogP contribution in [0.2, 0.25) is 0 Å². The van der Waals surface area contributed by atoms with Crippen molar-refractivity contribution in [1.82, 2.24) is 15.5 Å². The van der Waals surface area contributed by atoms with Crippen LogP contribution in [0.5, 0.6) is 0 Å². The van der Waals surface area contributed by atoms with Gasteiger partial charge in [-0.05, 0) is 41.8 Å². The molecule has 2 atom stereocenters. The lowest BCUT2D eigenvalue weighted by molar-refractivity contribution is -0.144. The molecule has 1 amide bonds. The van der Waals surface area contributed by atoms with Crippen LogP contribution in [0.3, 0.4) is 0 Å².